The highest BCUT2D eigenvalue weighted by Crippen LogP contribution is 2.36. The van der Waals surface area contributed by atoms with Crippen LogP contribution in [0, 0.1) is 11.3 Å². The first-order valence-electron chi connectivity index (χ1n) is 5.37. The van der Waals surface area contributed by atoms with Gasteiger partial charge in [-0.15, -0.1) is 0 Å². The van der Waals surface area contributed by atoms with E-state index in [1.807, 2.05) is 0 Å². The molecule has 0 aromatic heterocycles. The van der Waals surface area contributed by atoms with Gasteiger partial charge in [0.25, 0.3) is 0 Å². The Kier molecular flexibility index (Phi) is 2.61. The van der Waals surface area contributed by atoms with Gasteiger partial charge < -0.3 is 9.47 Å². The molecule has 13 heavy (non-hydrogen) atoms. The quantitative estimate of drug-likeness (QED) is 0.655. The van der Waals surface area contributed by atoms with Gasteiger partial charge in [-0.1, -0.05) is 13.8 Å². The topological polar surface area (TPSA) is 18.5 Å². The second-order valence-electron chi connectivity index (χ2n) is 5.11. The molecule has 3 atom stereocenters. The lowest BCUT2D eigenvalue weighted by Crippen LogP contribution is -2.23. The third-order valence-corrected chi connectivity index (χ3v) is 3.30. The standard InChI is InChI=1S/C11H20O2/c1-9-5-10(13-7-9)6-11(2)3-4-12-8-11/h9-10H,3-8H2,1-2H3/t9-,10?,11-/m0/s1. The van der Waals surface area contributed by atoms with Crippen LogP contribution in [0.3, 0.4) is 0 Å². The molecular formula is C11H20O2. The lowest BCUT2D eigenvalue weighted by atomic mass is 9.83. The summed E-state index contributed by atoms with van der Waals surface area (Å²) in [5.41, 5.74) is 0.398. The van der Waals surface area contributed by atoms with Crippen LogP contribution < -0.4 is 0 Å². The highest BCUT2D eigenvalue weighted by molar-refractivity contribution is 4.84. The molecule has 0 bridgehead atoms. The lowest BCUT2D eigenvalue weighted by Gasteiger charge is -2.24. The normalized spacial score (nSPS) is 45.7. The summed E-state index contributed by atoms with van der Waals surface area (Å²) in [6.07, 6.45) is 4.15. The van der Waals surface area contributed by atoms with Crippen molar-refractivity contribution in [3.63, 3.8) is 0 Å². The summed E-state index contributed by atoms with van der Waals surface area (Å²) in [5, 5.41) is 0. The second-order valence-corrected chi connectivity index (χ2v) is 5.11. The van der Waals surface area contributed by atoms with Crippen LogP contribution in [0.4, 0.5) is 0 Å². The van der Waals surface area contributed by atoms with E-state index in [1.165, 1.54) is 19.3 Å². The van der Waals surface area contributed by atoms with Gasteiger partial charge in [-0.2, -0.15) is 0 Å². The van der Waals surface area contributed by atoms with Gasteiger partial charge in [-0.25, -0.2) is 0 Å². The van der Waals surface area contributed by atoms with Crippen LogP contribution in [0.2, 0.25) is 0 Å². The molecule has 0 amide bonds. The van der Waals surface area contributed by atoms with Crippen LogP contribution in [0.1, 0.15) is 33.1 Å². The van der Waals surface area contributed by atoms with Crippen molar-refractivity contribution in [3.05, 3.63) is 0 Å². The molecule has 2 rings (SSSR count). The van der Waals surface area contributed by atoms with E-state index in [1.54, 1.807) is 0 Å². The third-order valence-electron chi connectivity index (χ3n) is 3.30. The molecule has 2 aliphatic rings. The molecule has 2 nitrogen and oxygen atoms in total. The predicted molar refractivity (Wildman–Crippen MR) is 51.7 cm³/mol. The second kappa shape index (κ2) is 3.58. The fourth-order valence-electron chi connectivity index (χ4n) is 2.45. The van der Waals surface area contributed by atoms with E-state index < -0.39 is 0 Å². The van der Waals surface area contributed by atoms with E-state index >= 15 is 0 Å². The van der Waals surface area contributed by atoms with Crippen LogP contribution in [0.5, 0.6) is 0 Å². The van der Waals surface area contributed by atoms with E-state index in [4.69, 9.17) is 9.47 Å². The molecule has 2 saturated heterocycles. The number of ether oxygens (including phenoxy) is 2. The van der Waals surface area contributed by atoms with Crippen molar-refractivity contribution >= 4 is 0 Å². The van der Waals surface area contributed by atoms with Gasteiger partial charge in [0.15, 0.2) is 0 Å². The van der Waals surface area contributed by atoms with Crippen molar-refractivity contribution in [1.29, 1.82) is 0 Å². The molecule has 0 aliphatic carbocycles. The highest BCUT2D eigenvalue weighted by Gasteiger charge is 2.35. The van der Waals surface area contributed by atoms with Crippen molar-refractivity contribution in [2.45, 2.75) is 39.2 Å². The smallest absolute Gasteiger partial charge is 0.0584 e. The van der Waals surface area contributed by atoms with E-state index in [9.17, 15) is 0 Å². The van der Waals surface area contributed by atoms with Crippen molar-refractivity contribution in [1.82, 2.24) is 0 Å². The molecule has 2 fully saturated rings. The Labute approximate surface area is 80.6 Å². The van der Waals surface area contributed by atoms with Gasteiger partial charge in [0, 0.05) is 13.2 Å². The van der Waals surface area contributed by atoms with E-state index in [0.29, 0.717) is 11.5 Å². The Bertz CT molecular complexity index is 173. The number of hydrogen-bond donors (Lipinski definition) is 0. The highest BCUT2D eigenvalue weighted by atomic mass is 16.5. The molecule has 0 aromatic carbocycles. The lowest BCUT2D eigenvalue weighted by molar-refractivity contribution is 0.0577. The maximum Gasteiger partial charge on any atom is 0.0584 e. The summed E-state index contributed by atoms with van der Waals surface area (Å²) in [6.45, 7) is 7.43. The zero-order valence-corrected chi connectivity index (χ0v) is 8.71. The van der Waals surface area contributed by atoms with Crippen LogP contribution in [-0.4, -0.2) is 25.9 Å². The van der Waals surface area contributed by atoms with Gasteiger partial charge in [-0.3, -0.25) is 0 Å². The summed E-state index contributed by atoms with van der Waals surface area (Å²) in [7, 11) is 0. The van der Waals surface area contributed by atoms with Crippen LogP contribution in [0.15, 0.2) is 0 Å². The zero-order valence-electron chi connectivity index (χ0n) is 8.71. The Balaban J connectivity index is 1.83. The summed E-state index contributed by atoms with van der Waals surface area (Å²) in [5.74, 6) is 0.760. The molecule has 0 saturated carbocycles. The minimum atomic E-state index is 0.398. The van der Waals surface area contributed by atoms with Crippen LogP contribution >= 0.6 is 0 Å². The van der Waals surface area contributed by atoms with Gasteiger partial charge in [0.05, 0.1) is 12.7 Å². The molecule has 2 heteroatoms. The minimum absolute atomic E-state index is 0.398. The molecule has 0 spiro atoms. The molecular weight excluding hydrogens is 164 g/mol. The van der Waals surface area contributed by atoms with Crippen LogP contribution in [-0.2, 0) is 9.47 Å². The van der Waals surface area contributed by atoms with Crippen molar-refractivity contribution in [3.8, 4) is 0 Å². The van der Waals surface area contributed by atoms with Crippen LogP contribution in [0.25, 0.3) is 0 Å². The monoisotopic (exact) mass is 184 g/mol. The van der Waals surface area contributed by atoms with E-state index in [0.717, 1.165) is 25.7 Å². The summed E-state index contributed by atoms with van der Waals surface area (Å²) in [4.78, 5) is 0. The maximum absolute atomic E-state index is 5.74. The molecule has 0 aromatic rings. The van der Waals surface area contributed by atoms with E-state index in [2.05, 4.69) is 13.8 Å². The van der Waals surface area contributed by atoms with Gasteiger partial charge in [0.2, 0.25) is 0 Å². The van der Waals surface area contributed by atoms with Crippen molar-refractivity contribution < 1.29 is 9.47 Å². The largest absolute Gasteiger partial charge is 0.381 e. The SMILES string of the molecule is C[C@@H]1COC(C[C@]2(C)CCOC2)C1. The van der Waals surface area contributed by atoms with Crippen molar-refractivity contribution in [2.24, 2.45) is 11.3 Å². The Morgan fingerprint density at radius 1 is 1.46 bits per heavy atom. The molecule has 1 unspecified atom stereocenters. The van der Waals surface area contributed by atoms with Gasteiger partial charge >= 0.3 is 0 Å². The molecule has 2 aliphatic heterocycles. The molecule has 0 N–H and O–H groups in total. The zero-order chi connectivity index (χ0) is 9.31. The number of rotatable bonds is 2. The average Bonchev–Trinajstić information content (AvgIpc) is 2.62. The number of hydrogen-bond acceptors (Lipinski definition) is 2. The van der Waals surface area contributed by atoms with Crippen molar-refractivity contribution in [2.75, 3.05) is 19.8 Å². The first-order chi connectivity index (χ1) is 6.18. The Hall–Kier alpha value is -0.0800. The Morgan fingerprint density at radius 3 is 2.85 bits per heavy atom. The van der Waals surface area contributed by atoms with Gasteiger partial charge in [0.1, 0.15) is 0 Å². The molecule has 76 valence electrons. The first-order valence-corrected chi connectivity index (χ1v) is 5.37. The van der Waals surface area contributed by atoms with E-state index in [-0.39, 0.29) is 0 Å². The van der Waals surface area contributed by atoms with Gasteiger partial charge in [-0.05, 0) is 30.6 Å². The summed E-state index contributed by atoms with van der Waals surface area (Å²) in [6, 6.07) is 0. The minimum Gasteiger partial charge on any atom is -0.381 e. The predicted octanol–water partition coefficient (Wildman–Crippen LogP) is 2.23. The average molecular weight is 184 g/mol. The molecule has 0 radical (unpaired) electrons. The maximum atomic E-state index is 5.74. The summed E-state index contributed by atoms with van der Waals surface area (Å²) >= 11 is 0. The Morgan fingerprint density at radius 2 is 2.31 bits per heavy atom. The molecule has 2 heterocycles. The fraction of sp³-hybridized carbons (Fsp3) is 1.00. The summed E-state index contributed by atoms with van der Waals surface area (Å²) < 4.78 is 11.2. The third kappa shape index (κ3) is 2.23. The fourth-order valence-corrected chi connectivity index (χ4v) is 2.45. The first kappa shape index (κ1) is 9.47.